The maximum Gasteiger partial charge on any atom is 0.414 e. The van der Waals surface area contributed by atoms with Crippen LogP contribution in [0.1, 0.15) is 17.4 Å². The molecule has 140 valence electrons. The van der Waals surface area contributed by atoms with Crippen LogP contribution in [0.3, 0.4) is 0 Å². The molecule has 2 aromatic rings. The van der Waals surface area contributed by atoms with Gasteiger partial charge in [-0.15, -0.1) is 0 Å². The lowest BCUT2D eigenvalue weighted by atomic mass is 10.1. The molecule has 3 rings (SSSR count). The number of aromatic nitrogens is 1. The minimum Gasteiger partial charge on any atom is -0.477 e. The molecule has 0 radical (unpaired) electrons. The first-order valence-corrected chi connectivity index (χ1v) is 8.07. The van der Waals surface area contributed by atoms with Gasteiger partial charge in [0.25, 0.3) is 0 Å². The SMILES string of the molecule is CC(=O)NCC1CN(c2ccc(-c3ccc(C(=O)O)nc3)c(F)c2)C(=O)O1. The molecule has 1 unspecified atom stereocenters. The largest absolute Gasteiger partial charge is 0.477 e. The number of cyclic esters (lactones) is 1. The van der Waals surface area contributed by atoms with Gasteiger partial charge < -0.3 is 15.2 Å². The summed E-state index contributed by atoms with van der Waals surface area (Å²) in [5.41, 5.74) is 0.824. The summed E-state index contributed by atoms with van der Waals surface area (Å²) in [7, 11) is 0. The highest BCUT2D eigenvalue weighted by molar-refractivity contribution is 5.90. The summed E-state index contributed by atoms with van der Waals surface area (Å²) in [5.74, 6) is -1.99. The van der Waals surface area contributed by atoms with Crippen LogP contribution < -0.4 is 10.2 Å². The number of nitrogens with zero attached hydrogens (tertiary/aromatic N) is 2. The first-order valence-electron chi connectivity index (χ1n) is 8.07. The molecule has 1 aromatic carbocycles. The molecule has 0 spiro atoms. The number of carboxylic acids is 1. The third kappa shape index (κ3) is 4.02. The Morgan fingerprint density at radius 3 is 2.74 bits per heavy atom. The Morgan fingerprint density at radius 2 is 2.15 bits per heavy atom. The Morgan fingerprint density at radius 1 is 1.37 bits per heavy atom. The van der Waals surface area contributed by atoms with Gasteiger partial charge in [-0.25, -0.2) is 19.0 Å². The lowest BCUT2D eigenvalue weighted by molar-refractivity contribution is -0.119. The number of carboxylic acid groups (broad SMARTS) is 1. The van der Waals surface area contributed by atoms with E-state index in [1.54, 1.807) is 6.07 Å². The Labute approximate surface area is 153 Å². The zero-order chi connectivity index (χ0) is 19.6. The minimum atomic E-state index is -1.17. The van der Waals surface area contributed by atoms with Crippen LogP contribution in [0.4, 0.5) is 14.9 Å². The van der Waals surface area contributed by atoms with E-state index >= 15 is 0 Å². The molecular formula is C18H16FN3O5. The zero-order valence-corrected chi connectivity index (χ0v) is 14.3. The number of amides is 2. The molecule has 27 heavy (non-hydrogen) atoms. The average molecular weight is 373 g/mol. The summed E-state index contributed by atoms with van der Waals surface area (Å²) >= 11 is 0. The van der Waals surface area contributed by atoms with Gasteiger partial charge in [-0.3, -0.25) is 9.69 Å². The van der Waals surface area contributed by atoms with Gasteiger partial charge in [-0.05, 0) is 24.3 Å². The van der Waals surface area contributed by atoms with Crippen LogP contribution in [0.2, 0.25) is 0 Å². The predicted molar refractivity (Wildman–Crippen MR) is 92.9 cm³/mol. The number of carbonyl (C=O) groups excluding carboxylic acids is 2. The maximum atomic E-state index is 14.5. The van der Waals surface area contributed by atoms with Crippen molar-refractivity contribution in [1.82, 2.24) is 10.3 Å². The highest BCUT2D eigenvalue weighted by atomic mass is 19.1. The molecule has 9 heteroatoms. The third-order valence-electron chi connectivity index (χ3n) is 4.01. The first kappa shape index (κ1) is 18.3. The van der Waals surface area contributed by atoms with Crippen molar-refractivity contribution in [3.05, 3.63) is 48.0 Å². The second-order valence-corrected chi connectivity index (χ2v) is 5.95. The van der Waals surface area contributed by atoms with Crippen molar-refractivity contribution < 1.29 is 28.6 Å². The fraction of sp³-hybridized carbons (Fsp3) is 0.222. The van der Waals surface area contributed by atoms with Gasteiger partial charge in [0.1, 0.15) is 17.6 Å². The van der Waals surface area contributed by atoms with Gasteiger partial charge in [0.05, 0.1) is 18.8 Å². The van der Waals surface area contributed by atoms with Crippen molar-refractivity contribution in [1.29, 1.82) is 0 Å². The molecule has 0 bridgehead atoms. The average Bonchev–Trinajstić information content (AvgIpc) is 3.01. The van der Waals surface area contributed by atoms with Gasteiger partial charge in [0, 0.05) is 24.2 Å². The molecule has 8 nitrogen and oxygen atoms in total. The maximum absolute atomic E-state index is 14.5. The van der Waals surface area contributed by atoms with E-state index in [2.05, 4.69) is 10.3 Å². The van der Waals surface area contributed by atoms with E-state index in [1.807, 2.05) is 0 Å². The molecule has 1 atom stereocenters. The number of ether oxygens (including phenoxy) is 1. The Balaban J connectivity index is 1.77. The summed E-state index contributed by atoms with van der Waals surface area (Å²) in [6.07, 6.45) is 0.136. The number of halogens is 1. The molecule has 2 amide bonds. The number of rotatable bonds is 5. The second kappa shape index (κ2) is 7.40. The molecule has 0 saturated carbocycles. The lowest BCUT2D eigenvalue weighted by Gasteiger charge is -2.14. The van der Waals surface area contributed by atoms with Crippen molar-refractivity contribution in [2.75, 3.05) is 18.0 Å². The highest BCUT2D eigenvalue weighted by Gasteiger charge is 2.32. The Bertz CT molecular complexity index is 900. The van der Waals surface area contributed by atoms with Crippen LogP contribution in [0, 0.1) is 5.82 Å². The van der Waals surface area contributed by atoms with Crippen LogP contribution in [-0.4, -0.2) is 47.3 Å². The van der Waals surface area contributed by atoms with E-state index in [0.717, 1.165) is 0 Å². The van der Waals surface area contributed by atoms with Crippen molar-refractivity contribution in [2.45, 2.75) is 13.0 Å². The topological polar surface area (TPSA) is 109 Å². The van der Waals surface area contributed by atoms with E-state index < -0.39 is 24.0 Å². The number of nitrogens with one attached hydrogen (secondary N) is 1. The molecule has 1 saturated heterocycles. The summed E-state index contributed by atoms with van der Waals surface area (Å²) in [4.78, 5) is 38.8. The second-order valence-electron chi connectivity index (χ2n) is 5.95. The zero-order valence-electron chi connectivity index (χ0n) is 14.3. The van der Waals surface area contributed by atoms with E-state index in [4.69, 9.17) is 9.84 Å². The van der Waals surface area contributed by atoms with Crippen molar-refractivity contribution >= 4 is 23.7 Å². The number of hydrogen-bond donors (Lipinski definition) is 2. The normalized spacial score (nSPS) is 16.1. The van der Waals surface area contributed by atoms with Crippen LogP contribution in [0.5, 0.6) is 0 Å². The van der Waals surface area contributed by atoms with E-state index in [-0.39, 0.29) is 30.3 Å². The van der Waals surface area contributed by atoms with E-state index in [9.17, 15) is 18.8 Å². The summed E-state index contributed by atoms with van der Waals surface area (Å²) < 4.78 is 19.7. The van der Waals surface area contributed by atoms with Gasteiger partial charge in [-0.1, -0.05) is 6.07 Å². The van der Waals surface area contributed by atoms with E-state index in [0.29, 0.717) is 11.3 Å². The molecule has 1 aliphatic rings. The number of anilines is 1. The quantitative estimate of drug-likeness (QED) is 0.830. The fourth-order valence-corrected chi connectivity index (χ4v) is 2.68. The van der Waals surface area contributed by atoms with E-state index in [1.165, 1.54) is 42.3 Å². The first-order chi connectivity index (χ1) is 12.8. The standard InChI is InChI=1S/C18H16FN3O5/c1-10(23)20-8-13-9-22(18(26)27-13)12-3-4-14(15(19)6-12)11-2-5-16(17(24)25)21-7-11/h2-7,13H,8-9H2,1H3,(H,20,23)(H,24,25). The summed E-state index contributed by atoms with van der Waals surface area (Å²) in [6, 6.07) is 6.99. The van der Waals surface area contributed by atoms with Crippen LogP contribution in [0.25, 0.3) is 11.1 Å². The number of benzene rings is 1. The fourth-order valence-electron chi connectivity index (χ4n) is 2.68. The lowest BCUT2D eigenvalue weighted by Crippen LogP contribution is -2.33. The van der Waals surface area contributed by atoms with Gasteiger partial charge in [-0.2, -0.15) is 0 Å². The molecule has 2 N–H and O–H groups in total. The Hall–Kier alpha value is -3.49. The highest BCUT2D eigenvalue weighted by Crippen LogP contribution is 2.28. The van der Waals surface area contributed by atoms with Crippen molar-refractivity contribution in [2.24, 2.45) is 0 Å². The molecule has 1 aromatic heterocycles. The Kier molecular flexibility index (Phi) is 5.02. The number of aromatic carboxylic acids is 1. The van der Waals surface area contributed by atoms with Crippen LogP contribution in [0.15, 0.2) is 36.5 Å². The molecule has 0 aliphatic carbocycles. The number of carbonyl (C=O) groups is 3. The molecule has 1 aliphatic heterocycles. The summed E-state index contributed by atoms with van der Waals surface area (Å²) in [5, 5.41) is 11.4. The number of pyridine rings is 1. The van der Waals surface area contributed by atoms with Gasteiger partial charge in [0.2, 0.25) is 5.91 Å². The predicted octanol–water partition coefficient (Wildman–Crippen LogP) is 2.05. The molecular weight excluding hydrogens is 357 g/mol. The van der Waals surface area contributed by atoms with Crippen LogP contribution >= 0.6 is 0 Å². The molecule has 1 fully saturated rings. The van der Waals surface area contributed by atoms with Crippen molar-refractivity contribution in [3.63, 3.8) is 0 Å². The smallest absolute Gasteiger partial charge is 0.414 e. The monoisotopic (exact) mass is 373 g/mol. The minimum absolute atomic E-state index is 0.138. The molecule has 2 heterocycles. The third-order valence-corrected chi connectivity index (χ3v) is 4.01. The van der Waals surface area contributed by atoms with Crippen molar-refractivity contribution in [3.8, 4) is 11.1 Å². The van der Waals surface area contributed by atoms with Crippen LogP contribution in [-0.2, 0) is 9.53 Å². The number of hydrogen-bond acceptors (Lipinski definition) is 5. The summed E-state index contributed by atoms with van der Waals surface area (Å²) in [6.45, 7) is 1.73. The van der Waals surface area contributed by atoms with Gasteiger partial charge in [0.15, 0.2) is 0 Å². The van der Waals surface area contributed by atoms with Gasteiger partial charge >= 0.3 is 12.1 Å².